The van der Waals surface area contributed by atoms with Crippen molar-refractivity contribution in [3.8, 4) is 0 Å². The SMILES string of the molecule is CCS(=O)(=O)c1cccc(Nc2cc(Cc3nc(CC(=O)O)cs3)ncn2)c1. The zero-order valence-corrected chi connectivity index (χ0v) is 16.6. The van der Waals surface area contributed by atoms with Crippen LogP contribution in [-0.4, -0.2) is 40.2 Å². The smallest absolute Gasteiger partial charge is 0.309 e. The Hall–Kier alpha value is -2.85. The Balaban J connectivity index is 1.74. The molecular formula is C18H18N4O4S2. The zero-order valence-electron chi connectivity index (χ0n) is 15.0. The van der Waals surface area contributed by atoms with Gasteiger partial charge in [0.1, 0.15) is 12.1 Å². The van der Waals surface area contributed by atoms with E-state index in [0.29, 0.717) is 29.3 Å². The molecule has 1 aromatic carbocycles. The summed E-state index contributed by atoms with van der Waals surface area (Å²) in [7, 11) is -3.29. The third kappa shape index (κ3) is 5.11. The molecule has 0 amide bonds. The summed E-state index contributed by atoms with van der Waals surface area (Å²) < 4.78 is 24.1. The molecule has 0 aliphatic heterocycles. The Kier molecular flexibility index (Phi) is 6.00. The standard InChI is InChI=1S/C18H18N4O4S2/c1-2-28(25,26)15-5-3-4-12(6-15)21-16-7-13(19-11-20-16)8-17-22-14(10-27-17)9-18(23)24/h3-7,10-11H,2,8-9H2,1H3,(H,23,24)(H,19,20,21). The van der Waals surface area contributed by atoms with E-state index in [2.05, 4.69) is 20.3 Å². The minimum absolute atomic E-state index is 0.0335. The number of sulfone groups is 1. The lowest BCUT2D eigenvalue weighted by atomic mass is 10.3. The number of benzene rings is 1. The van der Waals surface area contributed by atoms with E-state index >= 15 is 0 Å². The van der Waals surface area contributed by atoms with Crippen LogP contribution in [0.1, 0.15) is 23.3 Å². The van der Waals surface area contributed by atoms with Gasteiger partial charge in [0.2, 0.25) is 0 Å². The Morgan fingerprint density at radius 2 is 2.04 bits per heavy atom. The van der Waals surface area contributed by atoms with Crippen LogP contribution in [0, 0.1) is 0 Å². The normalized spacial score (nSPS) is 11.3. The van der Waals surface area contributed by atoms with Crippen LogP contribution in [0.3, 0.4) is 0 Å². The summed E-state index contributed by atoms with van der Waals surface area (Å²) in [6, 6.07) is 8.31. The molecule has 0 aliphatic rings. The Morgan fingerprint density at radius 3 is 2.79 bits per heavy atom. The highest BCUT2D eigenvalue weighted by Crippen LogP contribution is 2.21. The van der Waals surface area contributed by atoms with E-state index in [1.165, 1.54) is 17.7 Å². The minimum Gasteiger partial charge on any atom is -0.481 e. The molecular weight excluding hydrogens is 400 g/mol. The number of carboxylic acids is 1. The zero-order chi connectivity index (χ0) is 20.1. The van der Waals surface area contributed by atoms with Gasteiger partial charge in [0.25, 0.3) is 0 Å². The van der Waals surface area contributed by atoms with Gasteiger partial charge in [0, 0.05) is 23.6 Å². The molecule has 8 nitrogen and oxygen atoms in total. The summed E-state index contributed by atoms with van der Waals surface area (Å²) >= 11 is 1.38. The molecule has 2 N–H and O–H groups in total. The van der Waals surface area contributed by atoms with Crippen LogP contribution in [0.2, 0.25) is 0 Å². The Morgan fingerprint density at radius 1 is 1.21 bits per heavy atom. The van der Waals surface area contributed by atoms with Crippen LogP contribution >= 0.6 is 11.3 Å². The van der Waals surface area contributed by atoms with Gasteiger partial charge >= 0.3 is 5.97 Å². The lowest BCUT2D eigenvalue weighted by Gasteiger charge is -2.08. The first-order valence-corrected chi connectivity index (χ1v) is 10.9. The van der Waals surface area contributed by atoms with Gasteiger partial charge in [-0.05, 0) is 18.2 Å². The second-order valence-corrected chi connectivity index (χ2v) is 9.15. The van der Waals surface area contributed by atoms with Crippen molar-refractivity contribution in [3.63, 3.8) is 0 Å². The summed E-state index contributed by atoms with van der Waals surface area (Å²) in [6.07, 6.45) is 1.76. The predicted molar refractivity (Wildman–Crippen MR) is 106 cm³/mol. The Bertz CT molecular complexity index is 1100. The van der Waals surface area contributed by atoms with Crippen molar-refractivity contribution in [2.24, 2.45) is 0 Å². The lowest BCUT2D eigenvalue weighted by molar-refractivity contribution is -0.136. The van der Waals surface area contributed by atoms with Crippen molar-refractivity contribution in [2.45, 2.75) is 24.7 Å². The lowest BCUT2D eigenvalue weighted by Crippen LogP contribution is -2.04. The topological polar surface area (TPSA) is 122 Å². The molecule has 10 heteroatoms. The number of aliphatic carboxylic acids is 1. The molecule has 0 unspecified atom stereocenters. The molecule has 2 heterocycles. The number of carboxylic acid groups (broad SMARTS) is 1. The van der Waals surface area contributed by atoms with Gasteiger partial charge in [-0.2, -0.15) is 0 Å². The van der Waals surface area contributed by atoms with Gasteiger partial charge in [-0.25, -0.2) is 23.4 Å². The number of anilines is 2. The number of aromatic nitrogens is 3. The molecule has 0 bridgehead atoms. The maximum Gasteiger partial charge on any atom is 0.309 e. The number of thiazole rings is 1. The number of nitrogens with zero attached hydrogens (tertiary/aromatic N) is 3. The molecule has 3 rings (SSSR count). The van der Waals surface area contributed by atoms with Crippen molar-refractivity contribution in [1.82, 2.24) is 15.0 Å². The summed E-state index contributed by atoms with van der Waals surface area (Å²) in [5, 5.41) is 14.4. The fraction of sp³-hybridized carbons (Fsp3) is 0.222. The third-order valence-corrected chi connectivity index (χ3v) is 6.46. The fourth-order valence-corrected chi connectivity index (χ4v) is 4.20. The summed E-state index contributed by atoms with van der Waals surface area (Å²) in [6.45, 7) is 1.60. The van der Waals surface area contributed by atoms with Crippen LogP contribution < -0.4 is 5.32 Å². The van der Waals surface area contributed by atoms with Crippen LogP contribution in [0.15, 0.2) is 46.9 Å². The monoisotopic (exact) mass is 418 g/mol. The van der Waals surface area contributed by atoms with Crippen molar-refractivity contribution >= 4 is 38.6 Å². The summed E-state index contributed by atoms with van der Waals surface area (Å²) in [5.74, 6) is -0.359. The highest BCUT2D eigenvalue weighted by Gasteiger charge is 2.12. The van der Waals surface area contributed by atoms with Crippen molar-refractivity contribution in [2.75, 3.05) is 11.1 Å². The summed E-state index contributed by atoms with van der Waals surface area (Å²) in [5.41, 5.74) is 1.84. The average molecular weight is 419 g/mol. The molecule has 28 heavy (non-hydrogen) atoms. The van der Waals surface area contributed by atoms with E-state index in [-0.39, 0.29) is 17.1 Å². The van der Waals surface area contributed by atoms with Gasteiger partial charge in [-0.1, -0.05) is 13.0 Å². The van der Waals surface area contributed by atoms with Crippen LogP contribution in [-0.2, 0) is 27.5 Å². The van der Waals surface area contributed by atoms with Gasteiger partial charge in [-0.15, -0.1) is 11.3 Å². The maximum atomic E-state index is 12.0. The van der Waals surface area contributed by atoms with Gasteiger partial charge in [0.15, 0.2) is 9.84 Å². The van der Waals surface area contributed by atoms with Gasteiger partial charge in [0.05, 0.1) is 33.5 Å². The molecule has 0 saturated carbocycles. The minimum atomic E-state index is -3.29. The van der Waals surface area contributed by atoms with Crippen molar-refractivity contribution < 1.29 is 18.3 Å². The van der Waals surface area contributed by atoms with E-state index in [1.807, 2.05) is 0 Å². The van der Waals surface area contributed by atoms with Crippen molar-refractivity contribution in [3.05, 3.63) is 58.4 Å². The second-order valence-electron chi connectivity index (χ2n) is 5.93. The van der Waals surface area contributed by atoms with Crippen LogP contribution in [0.25, 0.3) is 0 Å². The average Bonchev–Trinajstić information content (AvgIpc) is 3.08. The largest absolute Gasteiger partial charge is 0.481 e. The third-order valence-electron chi connectivity index (χ3n) is 3.83. The number of hydrogen-bond acceptors (Lipinski definition) is 8. The van der Waals surface area contributed by atoms with Gasteiger partial charge in [-0.3, -0.25) is 4.79 Å². The highest BCUT2D eigenvalue weighted by atomic mass is 32.2. The predicted octanol–water partition coefficient (Wildman–Crippen LogP) is 2.69. The van der Waals surface area contributed by atoms with Crippen LogP contribution in [0.4, 0.5) is 11.5 Å². The van der Waals surface area contributed by atoms with E-state index in [9.17, 15) is 13.2 Å². The van der Waals surface area contributed by atoms with Crippen molar-refractivity contribution in [1.29, 1.82) is 0 Å². The van der Waals surface area contributed by atoms with Gasteiger partial charge < -0.3 is 10.4 Å². The van der Waals surface area contributed by atoms with E-state index in [1.54, 1.807) is 42.6 Å². The molecule has 0 aliphatic carbocycles. The highest BCUT2D eigenvalue weighted by molar-refractivity contribution is 7.91. The maximum absolute atomic E-state index is 12.0. The molecule has 0 atom stereocenters. The first kappa shape index (κ1) is 19.9. The first-order chi connectivity index (χ1) is 13.4. The summed E-state index contributed by atoms with van der Waals surface area (Å²) in [4.78, 5) is 23.7. The molecule has 0 saturated heterocycles. The van der Waals surface area contributed by atoms with E-state index in [4.69, 9.17) is 5.11 Å². The fourth-order valence-electron chi connectivity index (χ4n) is 2.47. The number of nitrogens with one attached hydrogen (secondary N) is 1. The number of rotatable bonds is 8. The first-order valence-electron chi connectivity index (χ1n) is 8.41. The number of hydrogen-bond donors (Lipinski definition) is 2. The molecule has 0 radical (unpaired) electrons. The molecule has 146 valence electrons. The quantitative estimate of drug-likeness (QED) is 0.572. The Labute approximate surface area is 166 Å². The second kappa shape index (κ2) is 8.44. The number of carbonyl (C=O) groups is 1. The van der Waals surface area contributed by atoms with E-state index in [0.717, 1.165) is 5.01 Å². The van der Waals surface area contributed by atoms with E-state index < -0.39 is 15.8 Å². The molecule has 0 spiro atoms. The molecule has 2 aromatic heterocycles. The molecule has 3 aromatic rings. The van der Waals surface area contributed by atoms with Crippen LogP contribution in [0.5, 0.6) is 0 Å². The molecule has 0 fully saturated rings.